The summed E-state index contributed by atoms with van der Waals surface area (Å²) in [6.07, 6.45) is 19.6. The molecule has 11 atom stereocenters. The molecule has 2 saturated heterocycles. The molecule has 14 nitrogen and oxygen atoms in total. The third-order valence-electron chi connectivity index (χ3n) is 9.03. The summed E-state index contributed by atoms with van der Waals surface area (Å²) in [4.78, 5) is 12.1. The van der Waals surface area contributed by atoms with Crippen LogP contribution in [0.25, 0.3) is 0 Å². The maximum Gasteiger partial charge on any atom is 0.305 e. The molecule has 0 saturated carbocycles. The number of aliphatic hydroxyl groups excluding tert-OH is 7. The third-order valence-corrected chi connectivity index (χ3v) is 9.03. The van der Waals surface area contributed by atoms with E-state index in [-0.39, 0.29) is 19.6 Å². The van der Waals surface area contributed by atoms with Gasteiger partial charge in [0, 0.05) is 13.0 Å². The summed E-state index contributed by atoms with van der Waals surface area (Å²) in [6.45, 7) is 2.84. The van der Waals surface area contributed by atoms with Gasteiger partial charge in [0.05, 0.1) is 26.4 Å². The van der Waals surface area contributed by atoms with Gasteiger partial charge in [-0.15, -0.1) is 0 Å². The molecule has 0 amide bonds. The van der Waals surface area contributed by atoms with Crippen molar-refractivity contribution in [1.29, 1.82) is 0 Å². The molecule has 0 radical (unpaired) electrons. The highest BCUT2D eigenvalue weighted by Gasteiger charge is 2.47. The number of rotatable bonds is 28. The van der Waals surface area contributed by atoms with E-state index in [1.807, 2.05) is 0 Å². The van der Waals surface area contributed by atoms with Gasteiger partial charge >= 0.3 is 5.97 Å². The molecule has 0 bridgehead atoms. The molecular weight excluding hydrogens is 728 g/mol. The zero-order valence-corrected chi connectivity index (χ0v) is 33.1. The minimum Gasteiger partial charge on any atom is -0.457 e. The number of carbonyl (C=O) groups is 1. The number of carbonyl (C=O) groups excluding carboxylic acids is 1. The van der Waals surface area contributed by atoms with Crippen LogP contribution in [0.3, 0.4) is 0 Å². The van der Waals surface area contributed by atoms with Crippen molar-refractivity contribution < 1.29 is 69.0 Å². The highest BCUT2D eigenvalue weighted by molar-refractivity contribution is 5.69. The molecule has 2 fully saturated rings. The number of allylic oxidation sites excluding steroid dienone is 12. The van der Waals surface area contributed by atoms with Crippen LogP contribution in [0.1, 0.15) is 84.5 Å². The lowest BCUT2D eigenvalue weighted by Gasteiger charge is -2.42. The molecule has 2 rings (SSSR count). The van der Waals surface area contributed by atoms with Crippen molar-refractivity contribution in [3.8, 4) is 0 Å². The van der Waals surface area contributed by atoms with E-state index in [9.17, 15) is 40.5 Å². The number of hydrogen-bond acceptors (Lipinski definition) is 14. The minimum absolute atomic E-state index is 0.0243. The van der Waals surface area contributed by atoms with Gasteiger partial charge in [-0.25, -0.2) is 0 Å². The van der Waals surface area contributed by atoms with Gasteiger partial charge in [-0.05, 0) is 57.8 Å². The highest BCUT2D eigenvalue weighted by atomic mass is 16.7. The van der Waals surface area contributed by atoms with Crippen molar-refractivity contribution in [3.63, 3.8) is 0 Å². The molecule has 7 N–H and O–H groups in total. The maximum atomic E-state index is 12.1. The average Bonchev–Trinajstić information content (AvgIpc) is 3.20. The fourth-order valence-corrected chi connectivity index (χ4v) is 5.67. The quantitative estimate of drug-likeness (QED) is 0.0344. The summed E-state index contributed by atoms with van der Waals surface area (Å²) >= 11 is 0. The van der Waals surface area contributed by atoms with Gasteiger partial charge in [-0.1, -0.05) is 93.2 Å². The lowest BCUT2D eigenvalue weighted by atomic mass is 9.98. The lowest BCUT2D eigenvalue weighted by Crippen LogP contribution is -2.61. The standard InChI is InChI=1S/C42H68O14/c1-3-5-6-7-8-9-10-11-12-13-14-15-16-17-18-19-20-21-22-23-24-25-26-51-28-31(54-34(44)4-2)29-52-41-40(50)38(48)36(46)33(56-41)30-53-42-39(49)37(47)35(45)32(27-43)55-42/h5-6,8-9,11-12,14-15,17-18,20-21,31-33,35-43,45-50H,3-4,7,10,13,16,19,22-30H2,1-2H3/b6-5-,9-8-,12-11-,15-14-,18-17-,21-20-. The Bertz CT molecular complexity index is 1200. The zero-order valence-electron chi connectivity index (χ0n) is 33.1. The summed E-state index contributed by atoms with van der Waals surface area (Å²) in [5.74, 6) is -0.482. The zero-order chi connectivity index (χ0) is 41.0. The minimum atomic E-state index is -1.71. The molecule has 14 heteroatoms. The topological polar surface area (TPSA) is 214 Å². The molecule has 2 aliphatic heterocycles. The second-order valence-corrected chi connectivity index (χ2v) is 13.7. The van der Waals surface area contributed by atoms with Crippen molar-refractivity contribution in [2.45, 2.75) is 152 Å². The van der Waals surface area contributed by atoms with E-state index in [4.69, 9.17) is 28.4 Å². The third kappa shape index (κ3) is 19.7. The predicted molar refractivity (Wildman–Crippen MR) is 210 cm³/mol. The van der Waals surface area contributed by atoms with Crippen LogP contribution < -0.4 is 0 Å². The maximum absolute atomic E-state index is 12.1. The summed E-state index contributed by atoms with van der Waals surface area (Å²) in [5.41, 5.74) is 0. The van der Waals surface area contributed by atoms with Crippen molar-refractivity contribution in [2.24, 2.45) is 0 Å². The van der Waals surface area contributed by atoms with E-state index in [2.05, 4.69) is 79.8 Å². The van der Waals surface area contributed by atoms with Gasteiger partial charge in [0.1, 0.15) is 54.9 Å². The van der Waals surface area contributed by atoms with Gasteiger partial charge in [-0.3, -0.25) is 4.79 Å². The predicted octanol–water partition coefficient (Wildman–Crippen LogP) is 3.22. The molecule has 56 heavy (non-hydrogen) atoms. The van der Waals surface area contributed by atoms with E-state index in [0.29, 0.717) is 6.61 Å². The first-order valence-corrected chi connectivity index (χ1v) is 20.0. The van der Waals surface area contributed by atoms with Gasteiger partial charge in [0.2, 0.25) is 0 Å². The Hall–Kier alpha value is -2.57. The summed E-state index contributed by atoms with van der Waals surface area (Å²) < 4.78 is 33.3. The molecule has 0 aliphatic carbocycles. The fourth-order valence-electron chi connectivity index (χ4n) is 5.67. The van der Waals surface area contributed by atoms with Crippen molar-refractivity contribution in [3.05, 3.63) is 72.9 Å². The lowest BCUT2D eigenvalue weighted by molar-refractivity contribution is -0.332. The fraction of sp³-hybridized carbons (Fsp3) is 0.690. The van der Waals surface area contributed by atoms with E-state index in [1.54, 1.807) is 6.92 Å². The number of unbranched alkanes of at least 4 members (excludes halogenated alkanes) is 3. The van der Waals surface area contributed by atoms with Gasteiger partial charge < -0.3 is 64.2 Å². The van der Waals surface area contributed by atoms with E-state index < -0.39 is 86.7 Å². The Kier molecular flexibility index (Phi) is 27.0. The first-order valence-electron chi connectivity index (χ1n) is 20.0. The average molecular weight is 797 g/mol. The van der Waals surface area contributed by atoms with Gasteiger partial charge in [0.15, 0.2) is 12.6 Å². The second kappa shape index (κ2) is 30.5. The number of ether oxygens (including phenoxy) is 6. The van der Waals surface area contributed by atoms with Crippen LogP contribution in [0.2, 0.25) is 0 Å². The molecule has 0 spiro atoms. The Morgan fingerprint density at radius 1 is 0.589 bits per heavy atom. The largest absolute Gasteiger partial charge is 0.457 e. The molecule has 0 aromatic rings. The van der Waals surface area contributed by atoms with Crippen LogP contribution in [0.15, 0.2) is 72.9 Å². The number of aliphatic hydroxyl groups is 7. The van der Waals surface area contributed by atoms with Gasteiger partial charge in [-0.2, -0.15) is 0 Å². The van der Waals surface area contributed by atoms with Crippen LogP contribution in [-0.4, -0.2) is 142 Å². The number of hydrogen-bond donors (Lipinski definition) is 7. The Morgan fingerprint density at radius 2 is 1.09 bits per heavy atom. The Labute approximate surface area is 332 Å². The Balaban J connectivity index is 1.64. The monoisotopic (exact) mass is 796 g/mol. The van der Waals surface area contributed by atoms with E-state index in [1.165, 1.54) is 0 Å². The molecule has 320 valence electrons. The molecule has 0 aromatic carbocycles. The second-order valence-electron chi connectivity index (χ2n) is 13.7. The first-order chi connectivity index (χ1) is 27.1. The summed E-state index contributed by atoms with van der Waals surface area (Å²) in [5, 5.41) is 71.0. The highest BCUT2D eigenvalue weighted by Crippen LogP contribution is 2.26. The van der Waals surface area contributed by atoms with Gasteiger partial charge in [0.25, 0.3) is 0 Å². The normalized spacial score (nSPS) is 29.6. The molecule has 2 heterocycles. The number of esters is 1. The van der Waals surface area contributed by atoms with Crippen LogP contribution in [-0.2, 0) is 33.2 Å². The van der Waals surface area contributed by atoms with Crippen LogP contribution >= 0.6 is 0 Å². The van der Waals surface area contributed by atoms with Crippen molar-refractivity contribution in [2.75, 3.05) is 33.0 Å². The molecular formula is C42H68O14. The molecule has 0 aromatic heterocycles. The van der Waals surface area contributed by atoms with E-state index >= 15 is 0 Å². The first kappa shape index (κ1) is 49.6. The summed E-state index contributed by atoms with van der Waals surface area (Å²) in [7, 11) is 0. The van der Waals surface area contributed by atoms with Crippen LogP contribution in [0, 0.1) is 0 Å². The smallest absolute Gasteiger partial charge is 0.305 e. The molecule has 11 unspecified atom stereocenters. The van der Waals surface area contributed by atoms with Crippen LogP contribution in [0.5, 0.6) is 0 Å². The van der Waals surface area contributed by atoms with E-state index in [0.717, 1.165) is 64.2 Å². The van der Waals surface area contributed by atoms with Crippen LogP contribution in [0.4, 0.5) is 0 Å². The summed E-state index contributed by atoms with van der Waals surface area (Å²) in [6, 6.07) is 0. The Morgan fingerprint density at radius 3 is 1.62 bits per heavy atom. The van der Waals surface area contributed by atoms with Crippen molar-refractivity contribution in [1.82, 2.24) is 0 Å². The SMILES string of the molecule is CC/C=C\C/C=C\C/C=C\C/C=C\C/C=C\C/C=C\CCCCCOCC(COC1OC(COC2OC(CO)C(O)C(O)C2O)C(O)C(O)C1O)OC(=O)CC. The van der Waals surface area contributed by atoms with Crippen molar-refractivity contribution >= 4 is 5.97 Å². The molecule has 2 aliphatic rings.